The number of methoxy groups -OCH3 is 1. The lowest BCUT2D eigenvalue weighted by Gasteiger charge is -2.20. The van der Waals surface area contributed by atoms with Crippen molar-refractivity contribution >= 4 is 44.2 Å². The van der Waals surface area contributed by atoms with Crippen LogP contribution < -0.4 is 9.64 Å². The number of benzene rings is 3. The summed E-state index contributed by atoms with van der Waals surface area (Å²) < 4.78 is 6.21. The average Bonchev–Trinajstić information content (AvgIpc) is 3.20. The molecular formula is C23H19ClN2O2S. The monoisotopic (exact) mass is 422 g/mol. The Labute approximate surface area is 178 Å². The second-order valence-corrected chi connectivity index (χ2v) is 8.04. The summed E-state index contributed by atoms with van der Waals surface area (Å²) in [6.45, 7) is 2.37. The lowest BCUT2D eigenvalue weighted by molar-refractivity contribution is 0.0985. The number of hydrogen-bond donors (Lipinski definition) is 0. The number of halogens is 1. The van der Waals surface area contributed by atoms with E-state index in [1.165, 1.54) is 11.3 Å². The van der Waals surface area contributed by atoms with Crippen molar-refractivity contribution in [2.75, 3.05) is 12.0 Å². The van der Waals surface area contributed by atoms with Crippen LogP contribution in [0.25, 0.3) is 10.2 Å². The highest BCUT2D eigenvalue weighted by Crippen LogP contribution is 2.34. The first-order valence-corrected chi connectivity index (χ1v) is 10.3. The molecule has 0 fully saturated rings. The highest BCUT2D eigenvalue weighted by molar-refractivity contribution is 7.22. The minimum absolute atomic E-state index is 0.112. The highest BCUT2D eigenvalue weighted by atomic mass is 35.5. The van der Waals surface area contributed by atoms with Gasteiger partial charge >= 0.3 is 0 Å². The lowest BCUT2D eigenvalue weighted by atomic mass is 10.1. The van der Waals surface area contributed by atoms with Gasteiger partial charge in [0.2, 0.25) is 0 Å². The van der Waals surface area contributed by atoms with Crippen LogP contribution in [0.3, 0.4) is 0 Å². The molecule has 0 aliphatic rings. The minimum Gasteiger partial charge on any atom is -0.497 e. The van der Waals surface area contributed by atoms with Gasteiger partial charge in [-0.15, -0.1) is 0 Å². The summed E-state index contributed by atoms with van der Waals surface area (Å²) >= 11 is 7.75. The number of nitrogens with zero attached hydrogens (tertiary/aromatic N) is 2. The summed E-state index contributed by atoms with van der Waals surface area (Å²) in [5.74, 6) is 0.598. The average molecular weight is 423 g/mol. The first-order chi connectivity index (χ1) is 14.1. The fourth-order valence-electron chi connectivity index (χ4n) is 3.09. The molecule has 0 aliphatic heterocycles. The van der Waals surface area contributed by atoms with E-state index in [1.807, 2.05) is 49.4 Å². The zero-order valence-electron chi connectivity index (χ0n) is 16.1. The molecule has 0 unspecified atom stereocenters. The quantitative estimate of drug-likeness (QED) is 0.389. The van der Waals surface area contributed by atoms with Gasteiger partial charge in [-0.3, -0.25) is 9.69 Å². The van der Waals surface area contributed by atoms with Crippen LogP contribution in [0.1, 0.15) is 21.5 Å². The Morgan fingerprint density at radius 2 is 1.79 bits per heavy atom. The number of aromatic nitrogens is 1. The Bertz CT molecular complexity index is 1160. The number of anilines is 1. The lowest BCUT2D eigenvalue weighted by Crippen LogP contribution is -2.30. The van der Waals surface area contributed by atoms with E-state index in [-0.39, 0.29) is 5.91 Å². The number of aryl methyl sites for hydroxylation is 1. The number of carbonyl (C=O) groups excluding carboxylic acids is 1. The van der Waals surface area contributed by atoms with Gasteiger partial charge in [0.05, 0.1) is 23.9 Å². The van der Waals surface area contributed by atoms with E-state index in [2.05, 4.69) is 0 Å². The van der Waals surface area contributed by atoms with Gasteiger partial charge in [0.15, 0.2) is 5.13 Å². The van der Waals surface area contributed by atoms with Crippen LogP contribution >= 0.6 is 22.9 Å². The van der Waals surface area contributed by atoms with Crippen LogP contribution in [0, 0.1) is 6.92 Å². The molecule has 1 aromatic heterocycles. The summed E-state index contributed by atoms with van der Waals surface area (Å²) in [6.07, 6.45) is 0. The Morgan fingerprint density at radius 1 is 1.07 bits per heavy atom. The molecule has 0 bridgehead atoms. The SMILES string of the molecule is COc1ccc(C(=O)N(Cc2ccccc2)c2nc3c(C)c(Cl)ccc3s2)cc1. The van der Waals surface area contributed by atoms with Crippen molar-refractivity contribution in [3.8, 4) is 5.75 Å². The van der Waals surface area contributed by atoms with Gasteiger partial charge in [0, 0.05) is 10.6 Å². The number of amides is 1. The second-order valence-electron chi connectivity index (χ2n) is 6.62. The summed E-state index contributed by atoms with van der Waals surface area (Å²) in [5.41, 5.74) is 3.36. The Morgan fingerprint density at radius 3 is 2.48 bits per heavy atom. The Hall–Kier alpha value is -2.89. The summed E-state index contributed by atoms with van der Waals surface area (Å²) in [6, 6.07) is 20.8. The molecule has 4 aromatic rings. The molecule has 0 aliphatic carbocycles. The van der Waals surface area contributed by atoms with Crippen molar-refractivity contribution in [2.45, 2.75) is 13.5 Å². The number of ether oxygens (including phenoxy) is 1. The van der Waals surface area contributed by atoms with E-state index in [1.54, 1.807) is 36.3 Å². The van der Waals surface area contributed by atoms with Crippen LogP contribution in [-0.4, -0.2) is 18.0 Å². The maximum absolute atomic E-state index is 13.4. The Kier molecular flexibility index (Phi) is 5.51. The number of fused-ring (bicyclic) bond motifs is 1. The van der Waals surface area contributed by atoms with E-state index in [0.29, 0.717) is 28.0 Å². The standard InChI is InChI=1S/C23H19ClN2O2S/c1-15-19(24)12-13-20-21(15)25-23(29-20)26(14-16-6-4-3-5-7-16)22(27)17-8-10-18(28-2)11-9-17/h3-13H,14H2,1-2H3. The van der Waals surface area contributed by atoms with E-state index >= 15 is 0 Å². The molecule has 0 atom stereocenters. The predicted molar refractivity (Wildman–Crippen MR) is 119 cm³/mol. The molecule has 146 valence electrons. The van der Waals surface area contributed by atoms with Crippen LogP contribution in [0.2, 0.25) is 5.02 Å². The number of hydrogen-bond acceptors (Lipinski definition) is 4. The van der Waals surface area contributed by atoms with Crippen molar-refractivity contribution in [1.82, 2.24) is 4.98 Å². The van der Waals surface area contributed by atoms with Crippen LogP contribution in [0.4, 0.5) is 5.13 Å². The molecule has 0 saturated heterocycles. The van der Waals surface area contributed by atoms with Gasteiger partial charge in [-0.25, -0.2) is 4.98 Å². The third kappa shape index (κ3) is 3.97. The molecule has 0 N–H and O–H groups in total. The zero-order valence-corrected chi connectivity index (χ0v) is 17.6. The van der Waals surface area contributed by atoms with Gasteiger partial charge in [0.1, 0.15) is 5.75 Å². The first-order valence-electron chi connectivity index (χ1n) is 9.12. The second kappa shape index (κ2) is 8.23. The van der Waals surface area contributed by atoms with E-state index < -0.39 is 0 Å². The predicted octanol–water partition coefficient (Wildman–Crippen LogP) is 6.11. The number of carbonyl (C=O) groups is 1. The molecule has 6 heteroatoms. The molecule has 1 amide bonds. The molecular weight excluding hydrogens is 404 g/mol. The van der Waals surface area contributed by atoms with E-state index in [4.69, 9.17) is 21.3 Å². The molecule has 4 nitrogen and oxygen atoms in total. The van der Waals surface area contributed by atoms with Crippen molar-refractivity contribution in [3.63, 3.8) is 0 Å². The van der Waals surface area contributed by atoms with Gasteiger partial charge < -0.3 is 4.74 Å². The third-order valence-electron chi connectivity index (χ3n) is 4.73. The molecule has 0 radical (unpaired) electrons. The topological polar surface area (TPSA) is 42.4 Å². The maximum atomic E-state index is 13.4. The summed E-state index contributed by atoms with van der Waals surface area (Å²) in [5, 5.41) is 1.32. The van der Waals surface area contributed by atoms with Gasteiger partial charge in [0.25, 0.3) is 5.91 Å². The van der Waals surface area contributed by atoms with E-state index in [0.717, 1.165) is 21.3 Å². The van der Waals surface area contributed by atoms with Crippen LogP contribution in [-0.2, 0) is 6.54 Å². The number of thiazole rings is 1. The largest absolute Gasteiger partial charge is 0.497 e. The smallest absolute Gasteiger partial charge is 0.260 e. The van der Waals surface area contributed by atoms with Crippen molar-refractivity contribution in [3.05, 3.63) is 88.4 Å². The van der Waals surface area contributed by atoms with Crippen molar-refractivity contribution < 1.29 is 9.53 Å². The molecule has 29 heavy (non-hydrogen) atoms. The fourth-order valence-corrected chi connectivity index (χ4v) is 4.26. The first kappa shape index (κ1) is 19.4. The van der Waals surface area contributed by atoms with Crippen LogP contribution in [0.5, 0.6) is 5.75 Å². The zero-order chi connectivity index (χ0) is 20.4. The highest BCUT2D eigenvalue weighted by Gasteiger charge is 2.22. The minimum atomic E-state index is -0.112. The van der Waals surface area contributed by atoms with Gasteiger partial charge in [-0.1, -0.05) is 53.3 Å². The third-order valence-corrected chi connectivity index (χ3v) is 6.19. The molecule has 4 rings (SSSR count). The van der Waals surface area contributed by atoms with Crippen molar-refractivity contribution in [2.24, 2.45) is 0 Å². The van der Waals surface area contributed by atoms with Gasteiger partial charge in [-0.2, -0.15) is 0 Å². The number of rotatable bonds is 5. The summed E-state index contributed by atoms with van der Waals surface area (Å²) in [7, 11) is 1.60. The normalized spacial score (nSPS) is 10.9. The molecule has 0 saturated carbocycles. The Balaban J connectivity index is 1.77. The van der Waals surface area contributed by atoms with Gasteiger partial charge in [-0.05, 0) is 54.4 Å². The molecule has 3 aromatic carbocycles. The fraction of sp³-hybridized carbons (Fsp3) is 0.130. The van der Waals surface area contributed by atoms with Crippen molar-refractivity contribution in [1.29, 1.82) is 0 Å². The van der Waals surface area contributed by atoms with E-state index in [9.17, 15) is 4.79 Å². The maximum Gasteiger partial charge on any atom is 0.260 e. The molecule has 0 spiro atoms. The van der Waals surface area contributed by atoms with Crippen LogP contribution in [0.15, 0.2) is 66.7 Å². The summed E-state index contributed by atoms with van der Waals surface area (Å²) in [4.78, 5) is 19.9. The molecule has 1 heterocycles.